The average Bonchev–Trinajstić information content (AvgIpc) is 3.46. The molecule has 0 spiro atoms. The largest absolute Gasteiger partial charge is 0.507 e. The van der Waals surface area contributed by atoms with Gasteiger partial charge in [-0.3, -0.25) is 19.4 Å². The Balaban J connectivity index is 1.70. The van der Waals surface area contributed by atoms with E-state index in [0.29, 0.717) is 19.0 Å². The number of phenolic OH excluding ortho intramolecular Hbond substituents is 3. The van der Waals surface area contributed by atoms with Gasteiger partial charge in [-0.2, -0.15) is 5.10 Å². The Kier molecular flexibility index (Phi) is 13.7. The molecule has 0 aliphatic carbocycles. The van der Waals surface area contributed by atoms with Gasteiger partial charge in [0.25, 0.3) is 11.7 Å². The molecule has 1 saturated heterocycles. The van der Waals surface area contributed by atoms with Gasteiger partial charge in [0.2, 0.25) is 0 Å². The van der Waals surface area contributed by atoms with Crippen molar-refractivity contribution in [3.05, 3.63) is 52.8 Å². The van der Waals surface area contributed by atoms with Gasteiger partial charge in [0.15, 0.2) is 5.75 Å². The zero-order valence-corrected chi connectivity index (χ0v) is 35.5. The highest BCUT2D eigenvalue weighted by atomic mass is 16.7. The Morgan fingerprint density at radius 2 is 1.61 bits per heavy atom. The SMILES string of the molecule is CO[C@H]1/C=C/O[C@@]2(C)Oc3c(C)c(O)c4c(O)c(c(/C=N/N5CCC(C)CC5)c(O)c4c3C2=O)NC(=O)/C(C)=C\C=C\[C@H](C)[C@H](O)[C@@H](C)[C@@H](O)[C@@H](C)[C@H](OC(C)=O)[C@@H]1C. The number of nitrogens with zero attached hydrogens (tertiary/aromatic N) is 2. The van der Waals surface area contributed by atoms with Crippen LogP contribution in [0.15, 0.2) is 41.2 Å². The summed E-state index contributed by atoms with van der Waals surface area (Å²) in [5, 5.41) is 67.0. The first kappa shape index (κ1) is 45.0. The van der Waals surface area contributed by atoms with Crippen molar-refractivity contribution in [3.63, 3.8) is 0 Å². The predicted molar refractivity (Wildman–Crippen MR) is 221 cm³/mol. The number of aliphatic hydroxyl groups is 2. The Morgan fingerprint density at radius 3 is 2.24 bits per heavy atom. The molecule has 4 aliphatic rings. The van der Waals surface area contributed by atoms with Crippen molar-refractivity contribution in [1.82, 2.24) is 5.01 Å². The third-order valence-corrected chi connectivity index (χ3v) is 12.1. The van der Waals surface area contributed by atoms with Crippen LogP contribution in [0.4, 0.5) is 5.69 Å². The molecule has 59 heavy (non-hydrogen) atoms. The molecule has 2 aromatic rings. The maximum atomic E-state index is 14.4. The van der Waals surface area contributed by atoms with Crippen LogP contribution in [0.1, 0.15) is 89.7 Å². The highest BCUT2D eigenvalue weighted by molar-refractivity contribution is 6.23. The molecular weight excluding hydrogens is 762 g/mol. The molecule has 0 unspecified atom stereocenters. The van der Waals surface area contributed by atoms with E-state index in [1.54, 1.807) is 39.8 Å². The van der Waals surface area contributed by atoms with Crippen LogP contribution in [0, 0.1) is 36.5 Å². The van der Waals surface area contributed by atoms with Crippen LogP contribution < -0.4 is 10.1 Å². The number of piperidine rings is 1. The number of phenols is 3. The number of amides is 1. The fourth-order valence-electron chi connectivity index (χ4n) is 8.12. The first-order valence-corrected chi connectivity index (χ1v) is 20.1. The van der Waals surface area contributed by atoms with E-state index in [1.165, 1.54) is 59.4 Å². The summed E-state index contributed by atoms with van der Waals surface area (Å²) in [6.07, 6.45) is 6.68. The third-order valence-electron chi connectivity index (χ3n) is 12.1. The molecule has 1 amide bonds. The topological polar surface area (TPSA) is 217 Å². The van der Waals surface area contributed by atoms with Crippen molar-refractivity contribution in [2.45, 2.75) is 105 Å². The molecule has 15 nitrogen and oxygen atoms in total. The number of ketones is 1. The van der Waals surface area contributed by atoms with Crippen LogP contribution >= 0.6 is 0 Å². The summed E-state index contributed by atoms with van der Waals surface area (Å²) >= 11 is 0. The van der Waals surface area contributed by atoms with Crippen molar-refractivity contribution in [3.8, 4) is 23.0 Å². The summed E-state index contributed by atoms with van der Waals surface area (Å²) in [6, 6.07) is 0. The number of ether oxygens (including phenoxy) is 4. The van der Waals surface area contributed by atoms with Gasteiger partial charge < -0.3 is 49.8 Å². The van der Waals surface area contributed by atoms with Crippen LogP contribution in [0.3, 0.4) is 0 Å². The number of carbonyl (C=O) groups excluding carboxylic acids is 3. The van der Waals surface area contributed by atoms with Gasteiger partial charge in [0.1, 0.15) is 23.4 Å². The molecule has 1 fully saturated rings. The number of aliphatic hydroxyl groups excluding tert-OH is 2. The number of methoxy groups -OCH3 is 1. The molecule has 15 heteroatoms. The molecule has 4 aliphatic heterocycles. The lowest BCUT2D eigenvalue weighted by atomic mass is 9.78. The van der Waals surface area contributed by atoms with E-state index in [0.717, 1.165) is 12.8 Å². The van der Waals surface area contributed by atoms with Crippen LogP contribution in [0.5, 0.6) is 23.0 Å². The Labute approximate surface area is 345 Å². The Bertz CT molecular complexity index is 2070. The standard InChI is InChI=1S/C44H59N3O12/c1-21-14-17-47(18-15-21)45-20-29-34-39(53)32-31(38(29)52)33-41(27(7)37(32)51)59-44(9,42(33)54)57-19-16-30(56-10)24(4)40(58-28(8)48)26(6)36(50)25(5)35(49)22(2)12-11-13-23(3)43(55)46-34/h11-13,16,19-22,24-26,30,35-36,40,49-53H,14-15,17-18H2,1-10H3,(H,46,55)/b12-11+,19-16+,23-13-,45-20+/t22-,24+,25+,26+,30-,35-,36+,40+,44-/m0/s1. The molecule has 322 valence electrons. The van der Waals surface area contributed by atoms with E-state index >= 15 is 0 Å². The Morgan fingerprint density at radius 1 is 0.949 bits per heavy atom. The van der Waals surface area contributed by atoms with E-state index < -0.39 is 88.8 Å². The highest BCUT2D eigenvalue weighted by Gasteiger charge is 2.50. The molecule has 6 N–H and O–H groups in total. The van der Waals surface area contributed by atoms with Gasteiger partial charge in [-0.1, -0.05) is 52.8 Å². The monoisotopic (exact) mass is 821 g/mol. The molecule has 9 atom stereocenters. The first-order chi connectivity index (χ1) is 27.7. The minimum atomic E-state index is -2.04. The number of esters is 1. The summed E-state index contributed by atoms with van der Waals surface area (Å²) in [5.74, 6) is -7.78. The van der Waals surface area contributed by atoms with E-state index in [2.05, 4.69) is 17.3 Å². The lowest BCUT2D eigenvalue weighted by molar-refractivity contribution is -0.160. The maximum Gasteiger partial charge on any atom is 0.312 e. The van der Waals surface area contributed by atoms with Crippen molar-refractivity contribution < 1.29 is 58.9 Å². The summed E-state index contributed by atoms with van der Waals surface area (Å²) in [7, 11) is 1.44. The van der Waals surface area contributed by atoms with E-state index in [1.807, 2.05) is 5.01 Å². The lowest BCUT2D eigenvalue weighted by Crippen LogP contribution is -2.46. The van der Waals surface area contributed by atoms with Gasteiger partial charge in [-0.15, -0.1) is 0 Å². The van der Waals surface area contributed by atoms with Crippen LogP contribution in [0.25, 0.3) is 10.8 Å². The predicted octanol–water partition coefficient (Wildman–Crippen LogP) is 5.82. The average molecular weight is 822 g/mol. The maximum absolute atomic E-state index is 14.4. The molecule has 0 aromatic heterocycles. The second kappa shape index (κ2) is 18.0. The molecule has 0 radical (unpaired) electrons. The van der Waals surface area contributed by atoms with Crippen molar-refractivity contribution in [1.29, 1.82) is 0 Å². The summed E-state index contributed by atoms with van der Waals surface area (Å²) in [4.78, 5) is 40.5. The molecular formula is C44H59N3O12. The lowest BCUT2D eigenvalue weighted by Gasteiger charge is -2.38. The van der Waals surface area contributed by atoms with Crippen molar-refractivity contribution in [2.24, 2.45) is 34.7 Å². The number of rotatable bonds is 4. The van der Waals surface area contributed by atoms with Crippen LogP contribution in [-0.2, 0) is 23.8 Å². The number of allylic oxidation sites excluding steroid dienone is 2. The second-order valence-corrected chi connectivity index (χ2v) is 16.5. The number of Topliss-reactive ketones (excluding diaryl/α,β-unsaturated/α-hetero) is 1. The normalized spacial score (nSPS) is 32.1. The van der Waals surface area contributed by atoms with Gasteiger partial charge in [-0.25, -0.2) is 0 Å². The first-order valence-electron chi connectivity index (χ1n) is 20.1. The zero-order valence-electron chi connectivity index (χ0n) is 35.5. The number of hydrogen-bond acceptors (Lipinski definition) is 14. The Hall–Kier alpha value is -5.12. The molecule has 4 heterocycles. The molecule has 6 rings (SSSR count). The van der Waals surface area contributed by atoms with E-state index in [9.17, 15) is 39.9 Å². The second-order valence-electron chi connectivity index (χ2n) is 16.5. The quantitative estimate of drug-likeness (QED) is 0.0929. The molecule has 5 bridgehead atoms. The fourth-order valence-corrected chi connectivity index (χ4v) is 8.12. The minimum absolute atomic E-state index is 0.0606. The van der Waals surface area contributed by atoms with Crippen LogP contribution in [-0.4, -0.2) is 105 Å². The van der Waals surface area contributed by atoms with Crippen molar-refractivity contribution >= 4 is 40.3 Å². The van der Waals surface area contributed by atoms with Gasteiger partial charge in [-0.05, 0) is 38.7 Å². The number of nitrogens with one attached hydrogen (secondary N) is 1. The number of aromatic hydroxyl groups is 3. The number of hydrogen-bond donors (Lipinski definition) is 6. The number of benzene rings is 2. The molecule has 2 aromatic carbocycles. The number of hydrazone groups is 1. The van der Waals surface area contributed by atoms with Crippen molar-refractivity contribution in [2.75, 3.05) is 25.5 Å². The smallest absolute Gasteiger partial charge is 0.312 e. The summed E-state index contributed by atoms with van der Waals surface area (Å²) in [5.41, 5.74) is -0.309. The van der Waals surface area contributed by atoms with E-state index in [4.69, 9.17) is 18.9 Å². The summed E-state index contributed by atoms with van der Waals surface area (Å²) in [6.45, 7) is 16.0. The van der Waals surface area contributed by atoms with Gasteiger partial charge in [0, 0.05) is 74.2 Å². The number of fused-ring (bicyclic) bond motifs is 14. The van der Waals surface area contributed by atoms with E-state index in [-0.39, 0.29) is 44.5 Å². The zero-order chi connectivity index (χ0) is 43.7. The summed E-state index contributed by atoms with van der Waals surface area (Å²) < 4.78 is 23.6. The highest BCUT2D eigenvalue weighted by Crippen LogP contribution is 2.55. The number of anilines is 1. The van der Waals surface area contributed by atoms with Gasteiger partial charge >= 0.3 is 11.8 Å². The third kappa shape index (κ3) is 8.92. The fraction of sp³-hybridized carbons (Fsp3) is 0.545. The van der Waals surface area contributed by atoms with Crippen LogP contribution in [0.2, 0.25) is 0 Å². The number of carbonyl (C=O) groups is 3. The minimum Gasteiger partial charge on any atom is -0.507 e. The van der Waals surface area contributed by atoms with Gasteiger partial charge in [0.05, 0.1) is 53.0 Å². The molecule has 0 saturated carbocycles.